The smallest absolute Gasteiger partial charge is 0.291 e. The number of nitrogens with two attached hydrogens (primary N) is 1. The molecule has 0 aliphatic carbocycles. The van der Waals surface area contributed by atoms with Gasteiger partial charge in [0.05, 0.1) is 18.4 Å². The number of nitrogens with zero attached hydrogens (tertiary/aromatic N) is 1. The van der Waals surface area contributed by atoms with Crippen LogP contribution in [0.3, 0.4) is 0 Å². The Balaban J connectivity index is 2.08. The van der Waals surface area contributed by atoms with Gasteiger partial charge < -0.3 is 15.5 Å². The van der Waals surface area contributed by atoms with Gasteiger partial charge in [-0.05, 0) is 24.3 Å². The predicted octanol–water partition coefficient (Wildman–Crippen LogP) is 1.52. The van der Waals surface area contributed by atoms with E-state index in [1.54, 1.807) is 6.07 Å². The highest BCUT2D eigenvalue weighted by Crippen LogP contribution is 2.11. The van der Waals surface area contributed by atoms with E-state index in [-0.39, 0.29) is 12.3 Å². The van der Waals surface area contributed by atoms with E-state index >= 15 is 0 Å². The van der Waals surface area contributed by atoms with E-state index in [4.69, 9.17) is 10.2 Å². The lowest BCUT2D eigenvalue weighted by Crippen LogP contribution is -2.11. The van der Waals surface area contributed by atoms with E-state index in [0.29, 0.717) is 11.4 Å². The molecule has 0 unspecified atom stereocenters. The fraction of sp³-hybridized carbons (Fsp3) is 0.0909. The number of halogens is 1. The van der Waals surface area contributed by atoms with Crippen LogP contribution >= 0.6 is 0 Å². The molecule has 0 fully saturated rings. The molecule has 5 nitrogen and oxygen atoms in total. The van der Waals surface area contributed by atoms with Crippen LogP contribution in [0, 0.1) is 5.95 Å². The van der Waals surface area contributed by atoms with Gasteiger partial charge in [0.25, 0.3) is 5.91 Å². The maximum atomic E-state index is 12.5. The lowest BCUT2D eigenvalue weighted by Gasteiger charge is -2.01. The molecular formula is C11H10FN3O2. The second kappa shape index (κ2) is 4.75. The van der Waals surface area contributed by atoms with Crippen LogP contribution in [0.5, 0.6) is 0 Å². The van der Waals surface area contributed by atoms with Crippen molar-refractivity contribution in [2.24, 2.45) is 5.73 Å². The van der Waals surface area contributed by atoms with Crippen LogP contribution in [-0.4, -0.2) is 10.9 Å². The topological polar surface area (TPSA) is 81.2 Å². The Kier molecular flexibility index (Phi) is 3.15. The zero-order valence-electron chi connectivity index (χ0n) is 8.81. The Hall–Kier alpha value is -2.21. The third kappa shape index (κ3) is 2.67. The van der Waals surface area contributed by atoms with Gasteiger partial charge in [-0.2, -0.15) is 4.39 Å². The first-order valence-electron chi connectivity index (χ1n) is 4.91. The van der Waals surface area contributed by atoms with Gasteiger partial charge in [0.15, 0.2) is 5.76 Å². The van der Waals surface area contributed by atoms with E-state index in [1.165, 1.54) is 18.3 Å². The Bertz CT molecular complexity index is 522. The van der Waals surface area contributed by atoms with Crippen molar-refractivity contribution in [2.45, 2.75) is 6.54 Å². The molecule has 0 aliphatic heterocycles. The molecule has 0 spiro atoms. The molecule has 0 saturated heterocycles. The number of furan rings is 1. The van der Waals surface area contributed by atoms with Gasteiger partial charge in [-0.1, -0.05) is 0 Å². The van der Waals surface area contributed by atoms with Gasteiger partial charge in [-0.25, -0.2) is 4.98 Å². The normalized spacial score (nSPS) is 10.2. The van der Waals surface area contributed by atoms with Crippen molar-refractivity contribution in [3.63, 3.8) is 0 Å². The first-order valence-corrected chi connectivity index (χ1v) is 4.91. The minimum Gasteiger partial charge on any atom is -0.455 e. The summed E-state index contributed by atoms with van der Waals surface area (Å²) in [6, 6.07) is 5.71. The van der Waals surface area contributed by atoms with E-state index < -0.39 is 11.9 Å². The Morgan fingerprint density at radius 3 is 2.82 bits per heavy atom. The molecule has 6 heteroatoms. The third-order valence-corrected chi connectivity index (χ3v) is 2.07. The van der Waals surface area contributed by atoms with Gasteiger partial charge in [-0.3, -0.25) is 4.79 Å². The van der Waals surface area contributed by atoms with Crippen molar-refractivity contribution >= 4 is 11.6 Å². The molecule has 0 radical (unpaired) electrons. The standard InChI is InChI=1S/C11H10FN3O2/c12-10-4-1-7(6-14-10)15-11(16)9-3-2-8(5-13)17-9/h1-4,6H,5,13H2,(H,15,16). The summed E-state index contributed by atoms with van der Waals surface area (Å²) in [5, 5.41) is 2.52. The van der Waals surface area contributed by atoms with Gasteiger partial charge in [0.2, 0.25) is 5.95 Å². The molecule has 0 atom stereocenters. The number of hydrogen-bond acceptors (Lipinski definition) is 4. The van der Waals surface area contributed by atoms with Crippen LogP contribution in [0.4, 0.5) is 10.1 Å². The van der Waals surface area contributed by atoms with Crippen LogP contribution in [0.1, 0.15) is 16.3 Å². The Morgan fingerprint density at radius 1 is 1.41 bits per heavy atom. The summed E-state index contributed by atoms with van der Waals surface area (Å²) in [5.41, 5.74) is 5.75. The maximum Gasteiger partial charge on any atom is 0.291 e. The predicted molar refractivity (Wildman–Crippen MR) is 58.7 cm³/mol. The summed E-state index contributed by atoms with van der Waals surface area (Å²) in [5.74, 6) is -0.369. The van der Waals surface area contributed by atoms with Crippen LogP contribution in [0.15, 0.2) is 34.9 Å². The first-order chi connectivity index (χ1) is 8.19. The van der Waals surface area contributed by atoms with Crippen LogP contribution < -0.4 is 11.1 Å². The number of aromatic nitrogens is 1. The molecule has 2 aromatic rings. The summed E-state index contributed by atoms with van der Waals surface area (Å²) >= 11 is 0. The number of amides is 1. The summed E-state index contributed by atoms with van der Waals surface area (Å²) < 4.78 is 17.7. The molecule has 0 aromatic carbocycles. The van der Waals surface area contributed by atoms with Crippen molar-refractivity contribution in [1.29, 1.82) is 0 Å². The lowest BCUT2D eigenvalue weighted by atomic mass is 10.3. The minimum absolute atomic E-state index is 0.148. The number of hydrogen-bond donors (Lipinski definition) is 2. The molecule has 0 aliphatic rings. The number of carbonyl (C=O) groups excluding carboxylic acids is 1. The molecule has 2 rings (SSSR count). The number of anilines is 1. The van der Waals surface area contributed by atoms with Gasteiger partial charge in [0, 0.05) is 0 Å². The number of nitrogens with one attached hydrogen (secondary N) is 1. The number of rotatable bonds is 3. The third-order valence-electron chi connectivity index (χ3n) is 2.07. The zero-order valence-corrected chi connectivity index (χ0v) is 8.81. The van der Waals surface area contributed by atoms with E-state index in [1.807, 2.05) is 0 Å². The largest absolute Gasteiger partial charge is 0.455 e. The molecule has 3 N–H and O–H groups in total. The van der Waals surface area contributed by atoms with Gasteiger partial charge in [0.1, 0.15) is 5.76 Å². The summed E-state index contributed by atoms with van der Waals surface area (Å²) in [6.07, 6.45) is 1.22. The van der Waals surface area contributed by atoms with Crippen molar-refractivity contribution < 1.29 is 13.6 Å². The SMILES string of the molecule is NCc1ccc(C(=O)Nc2ccc(F)nc2)o1. The number of carbonyl (C=O) groups is 1. The fourth-order valence-electron chi connectivity index (χ4n) is 1.25. The second-order valence-electron chi connectivity index (χ2n) is 3.29. The Morgan fingerprint density at radius 2 is 2.24 bits per heavy atom. The second-order valence-corrected chi connectivity index (χ2v) is 3.29. The summed E-state index contributed by atoms with van der Waals surface area (Å²) in [7, 11) is 0. The van der Waals surface area contributed by atoms with Crippen molar-refractivity contribution in [3.8, 4) is 0 Å². The highest BCUT2D eigenvalue weighted by Gasteiger charge is 2.10. The molecular weight excluding hydrogens is 225 g/mol. The van der Waals surface area contributed by atoms with Gasteiger partial charge in [-0.15, -0.1) is 0 Å². The Labute approximate surface area is 96.4 Å². The first kappa shape index (κ1) is 11.3. The van der Waals surface area contributed by atoms with Crippen molar-refractivity contribution in [2.75, 3.05) is 5.32 Å². The molecule has 2 aromatic heterocycles. The molecule has 0 saturated carbocycles. The molecule has 2 heterocycles. The molecule has 17 heavy (non-hydrogen) atoms. The summed E-state index contributed by atoms with van der Waals surface area (Å²) in [4.78, 5) is 15.1. The quantitative estimate of drug-likeness (QED) is 0.790. The van der Waals surface area contributed by atoms with Crippen LogP contribution in [0.25, 0.3) is 0 Å². The van der Waals surface area contributed by atoms with E-state index in [2.05, 4.69) is 10.3 Å². The molecule has 88 valence electrons. The fourth-order valence-corrected chi connectivity index (χ4v) is 1.25. The highest BCUT2D eigenvalue weighted by atomic mass is 19.1. The highest BCUT2D eigenvalue weighted by molar-refractivity contribution is 6.02. The van der Waals surface area contributed by atoms with E-state index in [0.717, 1.165) is 6.07 Å². The lowest BCUT2D eigenvalue weighted by molar-refractivity contribution is 0.0995. The molecule has 0 bridgehead atoms. The summed E-state index contributed by atoms with van der Waals surface area (Å²) in [6.45, 7) is 0.228. The number of pyridine rings is 1. The van der Waals surface area contributed by atoms with Gasteiger partial charge >= 0.3 is 0 Å². The van der Waals surface area contributed by atoms with Crippen LogP contribution in [-0.2, 0) is 6.54 Å². The average molecular weight is 235 g/mol. The van der Waals surface area contributed by atoms with Crippen LogP contribution in [0.2, 0.25) is 0 Å². The molecule has 1 amide bonds. The minimum atomic E-state index is -0.605. The van der Waals surface area contributed by atoms with E-state index in [9.17, 15) is 9.18 Å². The average Bonchev–Trinajstić information content (AvgIpc) is 2.81. The van der Waals surface area contributed by atoms with Crippen molar-refractivity contribution in [1.82, 2.24) is 4.98 Å². The van der Waals surface area contributed by atoms with Crippen molar-refractivity contribution in [3.05, 3.63) is 47.9 Å². The monoisotopic (exact) mass is 235 g/mol. The maximum absolute atomic E-state index is 12.5. The zero-order chi connectivity index (χ0) is 12.3.